The molecule has 0 aliphatic heterocycles. The molecule has 1 heteroatoms. The zero-order valence-corrected chi connectivity index (χ0v) is 27.2. The topological polar surface area (TPSA) is 13.1 Å². The van der Waals surface area contributed by atoms with E-state index in [0.29, 0.717) is 38.8 Å². The number of hydrogen-bond donors (Lipinski definition) is 0. The third-order valence-corrected chi connectivity index (χ3v) is 10.3. The first-order chi connectivity index (χ1) is 28.2. The van der Waals surface area contributed by atoms with Crippen molar-refractivity contribution in [1.29, 1.82) is 0 Å². The summed E-state index contributed by atoms with van der Waals surface area (Å²) in [5.41, 5.74) is 4.42. The number of hydrogen-bond acceptors (Lipinski definition) is 1. The highest BCUT2D eigenvalue weighted by Crippen LogP contribution is 2.47. The highest BCUT2D eigenvalue weighted by molar-refractivity contribution is 6.26. The highest BCUT2D eigenvalue weighted by atomic mass is 16.3. The summed E-state index contributed by atoms with van der Waals surface area (Å²) in [4.78, 5) is 0. The standard InChI is InChI=1S/C50H30O/c1-2-11-31(12-3-1)34-24-27-42-45(29-34)48(35-22-21-33-25-28-47-50(44(33)30-35)43-17-8-9-20-46(43)51-47)40-15-6-7-16-41(40)49(42)39-19-10-18-37-36-14-5-4-13-32(36)23-26-38(37)39/h1-30H/i6D,7D,15D,16D,24D,27D,29D. The van der Waals surface area contributed by atoms with Gasteiger partial charge in [-0.3, -0.25) is 0 Å². The molecule has 1 nitrogen and oxygen atoms in total. The van der Waals surface area contributed by atoms with Gasteiger partial charge in [0.15, 0.2) is 0 Å². The van der Waals surface area contributed by atoms with Crippen molar-refractivity contribution in [3.63, 3.8) is 0 Å². The van der Waals surface area contributed by atoms with Gasteiger partial charge in [-0.25, -0.2) is 0 Å². The molecule has 0 saturated heterocycles. The molecule has 0 atom stereocenters. The summed E-state index contributed by atoms with van der Waals surface area (Å²) in [6.45, 7) is 0. The van der Waals surface area contributed by atoms with Gasteiger partial charge in [-0.2, -0.15) is 0 Å². The van der Waals surface area contributed by atoms with Crippen LogP contribution in [-0.2, 0) is 0 Å². The molecular weight excluding hydrogens is 617 g/mol. The fourth-order valence-electron chi connectivity index (χ4n) is 7.98. The smallest absolute Gasteiger partial charge is 0.136 e. The quantitative estimate of drug-likeness (QED) is 0.137. The molecule has 236 valence electrons. The SMILES string of the molecule is [2H]c1c([2H])c([2H])c2c(-c3cccc4c3ccc3ccccc34)c3c([2H])c([2H])c(-c4ccccc4)c([2H])c3c(-c3ccc4ccc5oc6ccccc6c5c4c3)c2c1[2H]. The van der Waals surface area contributed by atoms with E-state index in [2.05, 4.69) is 6.07 Å². The van der Waals surface area contributed by atoms with Crippen LogP contribution in [0.15, 0.2) is 186 Å². The monoisotopic (exact) mass is 653 g/mol. The van der Waals surface area contributed by atoms with E-state index in [9.17, 15) is 6.85 Å². The van der Waals surface area contributed by atoms with Crippen LogP contribution in [0.1, 0.15) is 9.60 Å². The van der Waals surface area contributed by atoms with Crippen LogP contribution in [-0.4, -0.2) is 0 Å². The molecule has 51 heavy (non-hydrogen) atoms. The summed E-state index contributed by atoms with van der Waals surface area (Å²) >= 11 is 0. The molecule has 10 aromatic carbocycles. The van der Waals surface area contributed by atoms with Crippen LogP contribution in [0.4, 0.5) is 0 Å². The van der Waals surface area contributed by atoms with Gasteiger partial charge in [0.25, 0.3) is 0 Å². The zero-order valence-electron chi connectivity index (χ0n) is 34.2. The predicted octanol–water partition coefficient (Wildman–Crippen LogP) is 14.4. The number of furan rings is 1. The van der Waals surface area contributed by atoms with Crippen LogP contribution >= 0.6 is 0 Å². The first-order valence-electron chi connectivity index (χ1n) is 20.5. The average Bonchev–Trinajstić information content (AvgIpc) is 3.65. The molecule has 0 amide bonds. The molecule has 0 unspecified atom stereocenters. The van der Waals surface area contributed by atoms with Crippen molar-refractivity contribution in [2.45, 2.75) is 0 Å². The second-order valence-corrected chi connectivity index (χ2v) is 13.0. The van der Waals surface area contributed by atoms with E-state index in [1.165, 1.54) is 0 Å². The summed E-state index contributed by atoms with van der Waals surface area (Å²) in [5, 5.41) is 8.63. The summed E-state index contributed by atoms with van der Waals surface area (Å²) in [6.07, 6.45) is 0. The number of fused-ring (bicyclic) bond motifs is 10. The number of para-hydroxylation sites is 1. The van der Waals surface area contributed by atoms with E-state index >= 15 is 0 Å². The van der Waals surface area contributed by atoms with Crippen LogP contribution in [0.25, 0.3) is 109 Å². The molecule has 0 fully saturated rings. The maximum atomic E-state index is 10.1. The Labute approximate surface area is 304 Å². The third kappa shape index (κ3) is 4.22. The van der Waals surface area contributed by atoms with E-state index < -0.39 is 12.1 Å². The number of benzene rings is 10. The maximum Gasteiger partial charge on any atom is 0.136 e. The van der Waals surface area contributed by atoms with Gasteiger partial charge in [0.05, 0.1) is 9.60 Å². The Kier molecular flexibility index (Phi) is 4.73. The minimum absolute atomic E-state index is 0.00511. The molecule has 1 heterocycles. The van der Waals surface area contributed by atoms with Gasteiger partial charge in [-0.05, 0) is 111 Å². The minimum Gasteiger partial charge on any atom is -0.456 e. The van der Waals surface area contributed by atoms with Crippen molar-refractivity contribution < 1.29 is 14.0 Å². The normalized spacial score (nSPS) is 13.8. The Bertz CT molecular complexity index is 3590. The Morgan fingerprint density at radius 2 is 1.08 bits per heavy atom. The summed E-state index contributed by atoms with van der Waals surface area (Å²) in [7, 11) is 0. The molecule has 0 aliphatic rings. The summed E-state index contributed by atoms with van der Waals surface area (Å²) in [6, 6.07) is 43.4. The lowest BCUT2D eigenvalue weighted by atomic mass is 9.83. The largest absolute Gasteiger partial charge is 0.456 e. The van der Waals surface area contributed by atoms with Gasteiger partial charge in [-0.1, -0.05) is 158 Å². The Morgan fingerprint density at radius 1 is 0.373 bits per heavy atom. The van der Waals surface area contributed by atoms with Gasteiger partial charge in [0.2, 0.25) is 0 Å². The van der Waals surface area contributed by atoms with Crippen LogP contribution in [0.2, 0.25) is 0 Å². The molecule has 0 spiro atoms. The van der Waals surface area contributed by atoms with E-state index in [1.54, 1.807) is 0 Å². The predicted molar refractivity (Wildman–Crippen MR) is 218 cm³/mol. The fourth-order valence-corrected chi connectivity index (χ4v) is 7.98. The van der Waals surface area contributed by atoms with Crippen molar-refractivity contribution in [2.75, 3.05) is 0 Å². The number of rotatable bonds is 3. The second kappa shape index (κ2) is 10.9. The summed E-state index contributed by atoms with van der Waals surface area (Å²) < 4.78 is 73.0. The molecular formula is C50H30O. The Morgan fingerprint density at radius 3 is 1.98 bits per heavy atom. The lowest BCUT2D eigenvalue weighted by molar-refractivity contribution is 0.669. The Hall–Kier alpha value is -6.70. The van der Waals surface area contributed by atoms with Gasteiger partial charge in [0, 0.05) is 10.8 Å². The fraction of sp³-hybridized carbons (Fsp3) is 0. The second-order valence-electron chi connectivity index (χ2n) is 13.0. The lowest BCUT2D eigenvalue weighted by Gasteiger charge is -2.20. The molecule has 0 bridgehead atoms. The third-order valence-electron chi connectivity index (χ3n) is 10.3. The molecule has 0 radical (unpaired) electrons. The van der Waals surface area contributed by atoms with Gasteiger partial charge < -0.3 is 4.42 Å². The van der Waals surface area contributed by atoms with Crippen molar-refractivity contribution >= 4 is 75.8 Å². The molecule has 1 aromatic heterocycles. The maximum absolute atomic E-state index is 10.1. The van der Waals surface area contributed by atoms with Crippen molar-refractivity contribution in [1.82, 2.24) is 0 Å². The van der Waals surface area contributed by atoms with Gasteiger partial charge in [-0.15, -0.1) is 0 Å². The lowest BCUT2D eigenvalue weighted by Crippen LogP contribution is -1.93. The van der Waals surface area contributed by atoms with E-state index in [0.717, 1.165) is 48.7 Å². The van der Waals surface area contributed by atoms with Gasteiger partial charge >= 0.3 is 0 Å². The van der Waals surface area contributed by atoms with E-state index in [-0.39, 0.29) is 51.9 Å². The molecule has 0 saturated carbocycles. The summed E-state index contributed by atoms with van der Waals surface area (Å²) in [5.74, 6) is 0. The first kappa shape index (κ1) is 22.1. The highest BCUT2D eigenvalue weighted by Gasteiger charge is 2.20. The van der Waals surface area contributed by atoms with Crippen molar-refractivity contribution in [2.24, 2.45) is 0 Å². The zero-order chi connectivity index (χ0) is 39.6. The average molecular weight is 654 g/mol. The van der Waals surface area contributed by atoms with Crippen molar-refractivity contribution in [3.05, 3.63) is 182 Å². The van der Waals surface area contributed by atoms with Crippen LogP contribution in [0.5, 0.6) is 0 Å². The molecule has 11 aromatic rings. The van der Waals surface area contributed by atoms with Crippen LogP contribution in [0, 0.1) is 0 Å². The first-order valence-corrected chi connectivity index (χ1v) is 17.0. The Balaban J connectivity index is 1.40. The minimum atomic E-state index is -0.399. The molecule has 11 rings (SSSR count). The van der Waals surface area contributed by atoms with Crippen LogP contribution in [0.3, 0.4) is 0 Å². The van der Waals surface area contributed by atoms with Crippen LogP contribution < -0.4 is 0 Å². The van der Waals surface area contributed by atoms with E-state index in [4.69, 9.17) is 7.16 Å². The molecule has 0 aliphatic carbocycles. The van der Waals surface area contributed by atoms with Gasteiger partial charge in [0.1, 0.15) is 11.2 Å². The molecule has 0 N–H and O–H groups in total. The van der Waals surface area contributed by atoms with Crippen molar-refractivity contribution in [3.8, 4) is 33.4 Å². The van der Waals surface area contributed by atoms with E-state index in [1.807, 2.05) is 133 Å².